The normalized spacial score (nSPS) is 26.5. The van der Waals surface area contributed by atoms with Crippen LogP contribution in [0.4, 0.5) is 0 Å². The number of nitrogens with two attached hydrogens (primary N) is 1. The van der Waals surface area contributed by atoms with Crippen molar-refractivity contribution < 1.29 is 4.74 Å². The summed E-state index contributed by atoms with van der Waals surface area (Å²) in [7, 11) is 0. The van der Waals surface area contributed by atoms with Crippen LogP contribution >= 0.6 is 11.6 Å². The summed E-state index contributed by atoms with van der Waals surface area (Å²) in [6.07, 6.45) is 5.71. The standard InChI is InChI=1S/C13H16ClNO/c14-9-3-4-10-11(15)8-13(5-1-2-6-13)16-12(10)7-9/h3-4,7,11H,1-2,5-6,8,15H2. The van der Waals surface area contributed by atoms with E-state index in [9.17, 15) is 0 Å². The molecule has 0 bridgehead atoms. The number of benzene rings is 1. The van der Waals surface area contributed by atoms with Gasteiger partial charge >= 0.3 is 0 Å². The first-order valence-corrected chi connectivity index (χ1v) is 6.30. The SMILES string of the molecule is NC1CC2(CCCC2)Oc2cc(Cl)ccc21. The quantitative estimate of drug-likeness (QED) is 0.750. The predicted molar refractivity (Wildman–Crippen MR) is 64.8 cm³/mol. The van der Waals surface area contributed by atoms with Crippen LogP contribution in [0.15, 0.2) is 18.2 Å². The zero-order valence-electron chi connectivity index (χ0n) is 9.21. The molecule has 3 rings (SSSR count). The molecule has 1 aromatic carbocycles. The topological polar surface area (TPSA) is 35.2 Å². The number of hydrogen-bond acceptors (Lipinski definition) is 2. The zero-order chi connectivity index (χ0) is 11.2. The molecule has 2 nitrogen and oxygen atoms in total. The Morgan fingerprint density at radius 3 is 2.81 bits per heavy atom. The highest BCUT2D eigenvalue weighted by atomic mass is 35.5. The van der Waals surface area contributed by atoms with E-state index in [0.29, 0.717) is 0 Å². The highest BCUT2D eigenvalue weighted by Crippen LogP contribution is 2.46. The smallest absolute Gasteiger partial charge is 0.126 e. The Hall–Kier alpha value is -0.730. The van der Waals surface area contributed by atoms with Crippen molar-refractivity contribution in [2.24, 2.45) is 5.73 Å². The fourth-order valence-electron chi connectivity index (χ4n) is 3.01. The fraction of sp³-hybridized carbons (Fsp3) is 0.538. The molecule has 16 heavy (non-hydrogen) atoms. The third-order valence-corrected chi connectivity index (χ3v) is 4.04. The van der Waals surface area contributed by atoms with Gasteiger partial charge in [0.2, 0.25) is 0 Å². The maximum absolute atomic E-state index is 6.23. The summed E-state index contributed by atoms with van der Waals surface area (Å²) in [6, 6.07) is 5.87. The Labute approximate surface area is 101 Å². The molecular weight excluding hydrogens is 222 g/mol. The van der Waals surface area contributed by atoms with Gasteiger partial charge in [0.25, 0.3) is 0 Å². The van der Waals surface area contributed by atoms with Crippen molar-refractivity contribution >= 4 is 11.6 Å². The molecule has 1 spiro atoms. The van der Waals surface area contributed by atoms with Crippen molar-refractivity contribution in [1.82, 2.24) is 0 Å². The van der Waals surface area contributed by atoms with Gasteiger partial charge in [-0.3, -0.25) is 0 Å². The minimum Gasteiger partial charge on any atom is -0.487 e. The van der Waals surface area contributed by atoms with E-state index in [1.807, 2.05) is 18.2 Å². The molecule has 1 unspecified atom stereocenters. The van der Waals surface area contributed by atoms with Crippen molar-refractivity contribution in [2.45, 2.75) is 43.7 Å². The molecule has 1 saturated carbocycles. The summed E-state index contributed by atoms with van der Waals surface area (Å²) in [4.78, 5) is 0. The molecule has 1 aliphatic heterocycles. The van der Waals surface area contributed by atoms with Gasteiger partial charge in [-0.15, -0.1) is 0 Å². The second-order valence-corrected chi connectivity index (χ2v) is 5.42. The molecule has 1 aliphatic carbocycles. The van der Waals surface area contributed by atoms with E-state index >= 15 is 0 Å². The minimum absolute atomic E-state index is 0.00288. The third-order valence-electron chi connectivity index (χ3n) is 3.81. The molecule has 1 aromatic rings. The van der Waals surface area contributed by atoms with E-state index in [2.05, 4.69) is 0 Å². The summed E-state index contributed by atoms with van der Waals surface area (Å²) in [5, 5.41) is 0.723. The largest absolute Gasteiger partial charge is 0.487 e. The van der Waals surface area contributed by atoms with Gasteiger partial charge in [-0.2, -0.15) is 0 Å². The number of hydrogen-bond donors (Lipinski definition) is 1. The van der Waals surface area contributed by atoms with E-state index in [4.69, 9.17) is 22.1 Å². The monoisotopic (exact) mass is 237 g/mol. The second-order valence-electron chi connectivity index (χ2n) is 4.98. The molecule has 1 heterocycles. The van der Waals surface area contributed by atoms with E-state index in [1.165, 1.54) is 12.8 Å². The lowest BCUT2D eigenvalue weighted by atomic mass is 9.86. The molecule has 2 N–H and O–H groups in total. The minimum atomic E-state index is -0.00288. The molecule has 2 aliphatic rings. The Balaban J connectivity index is 2.00. The van der Waals surface area contributed by atoms with E-state index in [0.717, 1.165) is 35.6 Å². The number of ether oxygens (including phenoxy) is 1. The Morgan fingerprint density at radius 1 is 1.31 bits per heavy atom. The summed E-state index contributed by atoms with van der Waals surface area (Å²) >= 11 is 6.00. The molecular formula is C13H16ClNO. The first kappa shape index (κ1) is 10.4. The lowest BCUT2D eigenvalue weighted by molar-refractivity contribution is 0.0426. The first-order chi connectivity index (χ1) is 7.69. The molecule has 86 valence electrons. The van der Waals surface area contributed by atoms with Crippen LogP contribution in [0.5, 0.6) is 5.75 Å². The second kappa shape index (κ2) is 3.64. The fourth-order valence-corrected chi connectivity index (χ4v) is 3.18. The first-order valence-electron chi connectivity index (χ1n) is 5.93. The lowest BCUT2D eigenvalue weighted by Crippen LogP contribution is -2.40. The molecule has 0 radical (unpaired) electrons. The van der Waals surface area contributed by atoms with Crippen LogP contribution in [-0.2, 0) is 0 Å². The van der Waals surface area contributed by atoms with Gasteiger partial charge in [-0.05, 0) is 37.8 Å². The van der Waals surface area contributed by atoms with Crippen molar-refractivity contribution in [3.05, 3.63) is 28.8 Å². The zero-order valence-corrected chi connectivity index (χ0v) is 9.96. The van der Waals surface area contributed by atoms with Crippen LogP contribution in [0, 0.1) is 0 Å². The molecule has 0 amide bonds. The van der Waals surface area contributed by atoms with E-state index < -0.39 is 0 Å². The maximum Gasteiger partial charge on any atom is 0.126 e. The van der Waals surface area contributed by atoms with Crippen molar-refractivity contribution in [3.63, 3.8) is 0 Å². The van der Waals surface area contributed by atoms with Gasteiger partial charge in [0.05, 0.1) is 0 Å². The van der Waals surface area contributed by atoms with Crippen LogP contribution in [0.2, 0.25) is 5.02 Å². The summed E-state index contributed by atoms with van der Waals surface area (Å²) < 4.78 is 6.17. The van der Waals surface area contributed by atoms with Crippen molar-refractivity contribution in [2.75, 3.05) is 0 Å². The number of halogens is 1. The number of rotatable bonds is 0. The van der Waals surface area contributed by atoms with E-state index in [-0.39, 0.29) is 11.6 Å². The van der Waals surface area contributed by atoms with Crippen LogP contribution in [0.25, 0.3) is 0 Å². The predicted octanol–water partition coefficient (Wildman–Crippen LogP) is 3.44. The van der Waals surface area contributed by atoms with Crippen LogP contribution in [0.3, 0.4) is 0 Å². The Morgan fingerprint density at radius 2 is 2.06 bits per heavy atom. The average Bonchev–Trinajstić information content (AvgIpc) is 2.65. The number of fused-ring (bicyclic) bond motifs is 1. The van der Waals surface area contributed by atoms with Crippen LogP contribution in [-0.4, -0.2) is 5.60 Å². The van der Waals surface area contributed by atoms with Crippen LogP contribution < -0.4 is 10.5 Å². The lowest BCUT2D eigenvalue weighted by Gasteiger charge is -2.38. The maximum atomic E-state index is 6.23. The van der Waals surface area contributed by atoms with Gasteiger partial charge in [0.15, 0.2) is 0 Å². The van der Waals surface area contributed by atoms with Gasteiger partial charge in [-0.1, -0.05) is 17.7 Å². The van der Waals surface area contributed by atoms with Gasteiger partial charge < -0.3 is 10.5 Å². The summed E-state index contributed by atoms with van der Waals surface area (Å²) in [5.74, 6) is 0.896. The van der Waals surface area contributed by atoms with Gasteiger partial charge in [-0.25, -0.2) is 0 Å². The molecule has 0 saturated heterocycles. The summed E-state index contributed by atoms with van der Waals surface area (Å²) in [6.45, 7) is 0. The summed E-state index contributed by atoms with van der Waals surface area (Å²) in [5.41, 5.74) is 7.32. The van der Waals surface area contributed by atoms with Crippen molar-refractivity contribution in [3.8, 4) is 5.75 Å². The Bertz CT molecular complexity index is 412. The molecule has 1 atom stereocenters. The van der Waals surface area contributed by atoms with Crippen LogP contribution in [0.1, 0.15) is 43.7 Å². The average molecular weight is 238 g/mol. The van der Waals surface area contributed by atoms with E-state index in [1.54, 1.807) is 0 Å². The Kier molecular flexibility index (Phi) is 2.37. The highest BCUT2D eigenvalue weighted by molar-refractivity contribution is 6.30. The van der Waals surface area contributed by atoms with Gasteiger partial charge in [0, 0.05) is 23.0 Å². The third kappa shape index (κ3) is 1.61. The molecule has 1 fully saturated rings. The highest BCUT2D eigenvalue weighted by Gasteiger charge is 2.41. The van der Waals surface area contributed by atoms with Crippen molar-refractivity contribution in [1.29, 1.82) is 0 Å². The van der Waals surface area contributed by atoms with Gasteiger partial charge in [0.1, 0.15) is 11.4 Å². The molecule has 0 aromatic heterocycles. The molecule has 3 heteroatoms.